The highest BCUT2D eigenvalue weighted by molar-refractivity contribution is 7.92. The molecule has 0 saturated carbocycles. The van der Waals surface area contributed by atoms with Gasteiger partial charge in [0.15, 0.2) is 6.61 Å². The molecule has 0 radical (unpaired) electrons. The van der Waals surface area contributed by atoms with Crippen molar-refractivity contribution in [2.75, 3.05) is 24.4 Å². The van der Waals surface area contributed by atoms with E-state index in [4.69, 9.17) is 0 Å². The van der Waals surface area contributed by atoms with E-state index < -0.39 is 38.8 Å². The lowest BCUT2D eigenvalue weighted by molar-refractivity contribution is -0.129. The monoisotopic (exact) mass is 433 g/mol. The van der Waals surface area contributed by atoms with Crippen LogP contribution in [0.5, 0.6) is 0 Å². The summed E-state index contributed by atoms with van der Waals surface area (Å²) in [5, 5.41) is 0. The summed E-state index contributed by atoms with van der Waals surface area (Å²) in [6.07, 6.45) is -0.705. The van der Waals surface area contributed by atoms with Crippen LogP contribution in [0.25, 0.3) is 0 Å². The Morgan fingerprint density at radius 3 is 2.33 bits per heavy atom. The number of amides is 3. The second-order valence-electron chi connectivity index (χ2n) is 6.80. The summed E-state index contributed by atoms with van der Waals surface area (Å²) in [4.78, 5) is 37.7. The Balaban J connectivity index is 1.39. The molecule has 0 atom stereocenters. The van der Waals surface area contributed by atoms with Gasteiger partial charge in [-0.1, -0.05) is 12.1 Å². The summed E-state index contributed by atoms with van der Waals surface area (Å²) in [7, 11) is -4.12. The van der Waals surface area contributed by atoms with Crippen LogP contribution in [0.2, 0.25) is 0 Å². The number of likely N-dealkylation sites (tertiary alicyclic amines) is 1. The summed E-state index contributed by atoms with van der Waals surface area (Å²) >= 11 is 0. The highest BCUT2D eigenvalue weighted by atomic mass is 32.2. The zero-order chi connectivity index (χ0) is 21.5. The molecule has 0 unspecified atom stereocenters. The number of sulfonamides is 1. The Labute approximate surface area is 171 Å². The molecule has 2 saturated heterocycles. The van der Waals surface area contributed by atoms with E-state index in [1.807, 2.05) is 0 Å². The number of nitrogens with one attached hydrogen (secondary N) is 1. The summed E-state index contributed by atoms with van der Waals surface area (Å²) in [6, 6.07) is 10.2. The van der Waals surface area contributed by atoms with Crippen LogP contribution in [0.1, 0.15) is 10.4 Å². The van der Waals surface area contributed by atoms with Gasteiger partial charge in [0.2, 0.25) is 0 Å². The number of cyclic esters (lactones) is 1. The number of halogens is 1. The maximum atomic E-state index is 13.8. The van der Waals surface area contributed by atoms with Crippen molar-refractivity contribution < 1.29 is 31.9 Å². The fourth-order valence-corrected chi connectivity index (χ4v) is 4.38. The standard InChI is InChI=1S/C19H16FN3O6S/c20-15-3-1-2-4-16(15)30(27,28)21-13-7-5-12(6-8-13)18(25)22-9-14(10-22)23-17(24)11-29-19(23)26/h1-8,14,21H,9-11H2. The molecule has 11 heteroatoms. The van der Waals surface area contributed by atoms with Crippen molar-refractivity contribution in [2.45, 2.75) is 10.9 Å². The minimum atomic E-state index is -4.12. The maximum Gasteiger partial charge on any atom is 0.417 e. The Morgan fingerprint density at radius 2 is 1.73 bits per heavy atom. The molecule has 0 spiro atoms. The number of benzene rings is 2. The van der Waals surface area contributed by atoms with E-state index in [9.17, 15) is 27.2 Å². The van der Waals surface area contributed by atoms with E-state index in [0.29, 0.717) is 5.56 Å². The summed E-state index contributed by atoms with van der Waals surface area (Å²) in [5.74, 6) is -1.62. The summed E-state index contributed by atoms with van der Waals surface area (Å²) < 4.78 is 45.3. The van der Waals surface area contributed by atoms with Crippen molar-refractivity contribution >= 4 is 33.6 Å². The van der Waals surface area contributed by atoms with Crippen molar-refractivity contribution in [3.05, 3.63) is 59.9 Å². The van der Waals surface area contributed by atoms with Gasteiger partial charge in [0.05, 0.1) is 6.04 Å². The molecule has 2 heterocycles. The number of rotatable bonds is 5. The van der Waals surface area contributed by atoms with Crippen LogP contribution >= 0.6 is 0 Å². The second kappa shape index (κ2) is 7.41. The minimum absolute atomic E-state index is 0.168. The van der Waals surface area contributed by atoms with Crippen molar-refractivity contribution in [1.29, 1.82) is 0 Å². The molecule has 156 valence electrons. The molecule has 2 aromatic rings. The van der Waals surface area contributed by atoms with Crippen LogP contribution in [0.4, 0.5) is 14.9 Å². The van der Waals surface area contributed by atoms with Gasteiger partial charge in [-0.25, -0.2) is 22.5 Å². The van der Waals surface area contributed by atoms with Gasteiger partial charge in [-0.15, -0.1) is 0 Å². The van der Waals surface area contributed by atoms with Crippen molar-refractivity contribution in [2.24, 2.45) is 0 Å². The first-order valence-corrected chi connectivity index (χ1v) is 10.4. The van der Waals surface area contributed by atoms with Crippen molar-refractivity contribution in [3.8, 4) is 0 Å². The number of carbonyl (C=O) groups excluding carboxylic acids is 3. The molecular weight excluding hydrogens is 417 g/mol. The number of ether oxygens (including phenoxy) is 1. The molecule has 2 aromatic carbocycles. The van der Waals surface area contributed by atoms with Crippen LogP contribution in [-0.4, -0.2) is 61.9 Å². The molecule has 30 heavy (non-hydrogen) atoms. The van der Waals surface area contributed by atoms with Gasteiger partial charge in [-0.2, -0.15) is 0 Å². The van der Waals surface area contributed by atoms with E-state index in [1.165, 1.54) is 41.3 Å². The Hall–Kier alpha value is -3.47. The van der Waals surface area contributed by atoms with Crippen LogP contribution < -0.4 is 4.72 Å². The molecule has 0 bridgehead atoms. The largest absolute Gasteiger partial charge is 0.439 e. The Morgan fingerprint density at radius 1 is 1.07 bits per heavy atom. The average Bonchev–Trinajstić information content (AvgIpc) is 3.00. The molecule has 4 rings (SSSR count). The van der Waals surface area contributed by atoms with Crippen LogP contribution in [-0.2, 0) is 19.6 Å². The maximum absolute atomic E-state index is 13.8. The third-order valence-corrected chi connectivity index (χ3v) is 6.22. The molecule has 3 amide bonds. The topological polar surface area (TPSA) is 113 Å². The van der Waals surface area contributed by atoms with Gasteiger partial charge < -0.3 is 9.64 Å². The Bertz CT molecular complexity index is 1110. The molecule has 1 N–H and O–H groups in total. The lowest BCUT2D eigenvalue weighted by atomic mass is 10.0. The van der Waals surface area contributed by atoms with E-state index in [0.717, 1.165) is 17.0 Å². The Kier molecular flexibility index (Phi) is 4.90. The van der Waals surface area contributed by atoms with Crippen LogP contribution in [0.15, 0.2) is 53.4 Å². The smallest absolute Gasteiger partial charge is 0.417 e. The minimum Gasteiger partial charge on any atom is -0.439 e. The van der Waals surface area contributed by atoms with Gasteiger partial charge in [0.1, 0.15) is 10.7 Å². The van der Waals surface area contributed by atoms with E-state index in [2.05, 4.69) is 9.46 Å². The third-order valence-electron chi connectivity index (χ3n) is 4.81. The van der Waals surface area contributed by atoms with Gasteiger partial charge in [-0.3, -0.25) is 14.3 Å². The van der Waals surface area contributed by atoms with E-state index in [-0.39, 0.29) is 31.3 Å². The fraction of sp³-hybridized carbons (Fsp3) is 0.211. The summed E-state index contributed by atoms with van der Waals surface area (Å²) in [6.45, 7) is 0.107. The van der Waals surface area contributed by atoms with Crippen molar-refractivity contribution in [1.82, 2.24) is 9.80 Å². The van der Waals surface area contributed by atoms with Gasteiger partial charge in [-0.05, 0) is 36.4 Å². The number of anilines is 1. The molecule has 9 nitrogen and oxygen atoms in total. The molecule has 0 aliphatic carbocycles. The van der Waals surface area contributed by atoms with E-state index in [1.54, 1.807) is 0 Å². The lowest BCUT2D eigenvalue weighted by Gasteiger charge is -2.41. The van der Waals surface area contributed by atoms with E-state index >= 15 is 0 Å². The third kappa shape index (κ3) is 3.59. The van der Waals surface area contributed by atoms with Gasteiger partial charge in [0, 0.05) is 24.3 Å². The summed E-state index contributed by atoms with van der Waals surface area (Å²) in [5.41, 5.74) is 0.472. The number of imide groups is 1. The zero-order valence-electron chi connectivity index (χ0n) is 15.4. The highest BCUT2D eigenvalue weighted by Gasteiger charge is 2.44. The second-order valence-corrected chi connectivity index (χ2v) is 8.45. The quantitative estimate of drug-likeness (QED) is 0.763. The predicted molar refractivity (Wildman–Crippen MR) is 102 cm³/mol. The molecule has 2 aliphatic rings. The van der Waals surface area contributed by atoms with Crippen LogP contribution in [0.3, 0.4) is 0 Å². The number of hydrogen-bond donors (Lipinski definition) is 1. The number of carbonyl (C=O) groups is 3. The normalized spacial score (nSPS) is 17.0. The number of nitrogens with zero attached hydrogens (tertiary/aromatic N) is 2. The molecule has 2 aliphatic heterocycles. The molecule has 0 aromatic heterocycles. The predicted octanol–water partition coefficient (Wildman–Crippen LogP) is 1.43. The SMILES string of the molecule is O=C(c1ccc(NS(=O)(=O)c2ccccc2F)cc1)N1CC(N2C(=O)COC2=O)C1. The van der Waals surface area contributed by atoms with Gasteiger partial charge >= 0.3 is 6.09 Å². The fourth-order valence-electron chi connectivity index (χ4n) is 3.24. The van der Waals surface area contributed by atoms with Crippen LogP contribution in [0, 0.1) is 5.82 Å². The van der Waals surface area contributed by atoms with Gasteiger partial charge in [0.25, 0.3) is 21.8 Å². The highest BCUT2D eigenvalue weighted by Crippen LogP contribution is 2.23. The average molecular weight is 433 g/mol. The first-order valence-electron chi connectivity index (χ1n) is 8.92. The molecular formula is C19H16FN3O6S. The lowest BCUT2D eigenvalue weighted by Crippen LogP contribution is -2.62. The first-order chi connectivity index (χ1) is 14.3. The van der Waals surface area contributed by atoms with Crippen molar-refractivity contribution in [3.63, 3.8) is 0 Å². The first kappa shape index (κ1) is 19.8. The zero-order valence-corrected chi connectivity index (χ0v) is 16.3. The number of hydrogen-bond acceptors (Lipinski definition) is 6. The molecule has 2 fully saturated rings.